The zero-order valence-corrected chi connectivity index (χ0v) is 15.0. The molecule has 1 saturated carbocycles. The number of rotatable bonds is 3. The molecule has 136 valence electrons. The number of carbonyl (C=O) groups is 2. The molecule has 1 aliphatic carbocycles. The van der Waals surface area contributed by atoms with Gasteiger partial charge in [-0.2, -0.15) is 0 Å². The van der Waals surface area contributed by atoms with E-state index in [-0.39, 0.29) is 17.8 Å². The van der Waals surface area contributed by atoms with Crippen molar-refractivity contribution in [3.63, 3.8) is 0 Å². The second-order valence-electron chi connectivity index (χ2n) is 6.64. The fourth-order valence-electron chi connectivity index (χ4n) is 3.33. The number of benzene rings is 1. The zero-order valence-electron chi connectivity index (χ0n) is 14.2. The van der Waals surface area contributed by atoms with Crippen molar-refractivity contribution >= 4 is 29.4 Å². The molecule has 25 heavy (non-hydrogen) atoms. The molecular weight excluding hydrogens is 342 g/mol. The third-order valence-electron chi connectivity index (χ3n) is 4.71. The van der Waals surface area contributed by atoms with E-state index in [1.54, 1.807) is 23.1 Å². The van der Waals surface area contributed by atoms with Crippen LogP contribution in [-0.4, -0.2) is 36.2 Å². The molecule has 2 fully saturated rings. The number of amides is 3. The maximum atomic E-state index is 12.2. The van der Waals surface area contributed by atoms with Gasteiger partial charge in [0.1, 0.15) is 0 Å². The minimum Gasteiger partial charge on any atom is -0.409 e. The summed E-state index contributed by atoms with van der Waals surface area (Å²) in [5.74, 6) is 0.245. The van der Waals surface area contributed by atoms with Crippen LogP contribution in [0, 0.1) is 0 Å². The van der Waals surface area contributed by atoms with Crippen LogP contribution in [0.1, 0.15) is 44.9 Å². The molecule has 1 saturated heterocycles. The molecule has 1 aromatic rings. The second-order valence-corrected chi connectivity index (χ2v) is 7.05. The van der Waals surface area contributed by atoms with Crippen molar-refractivity contribution in [2.75, 3.05) is 18.4 Å². The van der Waals surface area contributed by atoms with Crippen LogP contribution in [-0.2, 0) is 0 Å². The first-order valence-corrected chi connectivity index (χ1v) is 9.33. The average molecular weight is 366 g/mol. The average Bonchev–Trinajstić information content (AvgIpc) is 3.13. The fraction of sp³-hybridized carbons (Fsp3) is 0.556. The Morgan fingerprint density at radius 3 is 2.52 bits per heavy atom. The van der Waals surface area contributed by atoms with Crippen molar-refractivity contribution in [1.29, 1.82) is 0 Å². The van der Waals surface area contributed by atoms with E-state index in [2.05, 4.69) is 10.6 Å². The predicted molar refractivity (Wildman–Crippen MR) is 97.3 cm³/mol. The van der Waals surface area contributed by atoms with Crippen LogP contribution in [0.4, 0.5) is 15.3 Å². The molecule has 1 aromatic carbocycles. The number of hydrogen-bond donors (Lipinski definition) is 2. The highest BCUT2D eigenvalue weighted by Gasteiger charge is 2.20. The van der Waals surface area contributed by atoms with Gasteiger partial charge in [-0.05, 0) is 37.8 Å². The maximum absolute atomic E-state index is 12.2. The molecule has 0 radical (unpaired) electrons. The normalized spacial score (nSPS) is 18.0. The summed E-state index contributed by atoms with van der Waals surface area (Å²) in [6.07, 6.45) is 7.00. The van der Waals surface area contributed by atoms with Crippen LogP contribution < -0.4 is 15.4 Å². The number of likely N-dealkylation sites (tertiary alicyclic amines) is 1. The van der Waals surface area contributed by atoms with Crippen molar-refractivity contribution in [1.82, 2.24) is 10.2 Å². The monoisotopic (exact) mass is 365 g/mol. The van der Waals surface area contributed by atoms with E-state index in [9.17, 15) is 9.59 Å². The van der Waals surface area contributed by atoms with Crippen LogP contribution in [0.25, 0.3) is 0 Å². The minimum absolute atomic E-state index is 0.141. The Morgan fingerprint density at radius 1 is 1.08 bits per heavy atom. The Morgan fingerprint density at radius 2 is 1.80 bits per heavy atom. The highest BCUT2D eigenvalue weighted by atomic mass is 35.5. The first kappa shape index (κ1) is 17.9. The summed E-state index contributed by atoms with van der Waals surface area (Å²) in [6.45, 7) is 1.54. The summed E-state index contributed by atoms with van der Waals surface area (Å²) in [4.78, 5) is 26.0. The van der Waals surface area contributed by atoms with Crippen LogP contribution >= 0.6 is 11.6 Å². The summed E-state index contributed by atoms with van der Waals surface area (Å²) in [6, 6.07) is 4.92. The van der Waals surface area contributed by atoms with Crippen molar-refractivity contribution in [2.24, 2.45) is 0 Å². The molecule has 6 nitrogen and oxygen atoms in total. The van der Waals surface area contributed by atoms with Crippen molar-refractivity contribution in [3.05, 3.63) is 23.2 Å². The number of nitrogens with zero attached hydrogens (tertiary/aromatic N) is 1. The van der Waals surface area contributed by atoms with Gasteiger partial charge in [0.25, 0.3) is 0 Å². The number of carbonyl (C=O) groups excluding carboxylic acids is 2. The fourth-order valence-corrected chi connectivity index (χ4v) is 3.48. The van der Waals surface area contributed by atoms with E-state index in [0.29, 0.717) is 10.7 Å². The first-order valence-electron chi connectivity index (χ1n) is 8.95. The minimum atomic E-state index is -0.503. The Hall–Kier alpha value is -1.95. The van der Waals surface area contributed by atoms with Crippen LogP contribution in [0.3, 0.4) is 0 Å². The van der Waals surface area contributed by atoms with Gasteiger partial charge in [-0.3, -0.25) is 0 Å². The Bertz CT molecular complexity index is 626. The molecule has 0 unspecified atom stereocenters. The summed E-state index contributed by atoms with van der Waals surface area (Å²) < 4.78 is 5.35. The number of nitrogens with one attached hydrogen (secondary N) is 2. The SMILES string of the molecule is O=C(NC1CCCCC1)Oc1cc(NC(=O)N2CCCC2)ccc1Cl. The second kappa shape index (κ2) is 8.43. The lowest BCUT2D eigenvalue weighted by Gasteiger charge is -2.22. The summed E-state index contributed by atoms with van der Waals surface area (Å²) in [5, 5.41) is 6.04. The van der Waals surface area contributed by atoms with Crippen LogP contribution in [0.2, 0.25) is 5.02 Å². The number of halogens is 1. The molecular formula is C18H24ClN3O3. The van der Waals surface area contributed by atoms with Crippen molar-refractivity contribution in [3.8, 4) is 5.75 Å². The molecule has 7 heteroatoms. The van der Waals surface area contributed by atoms with Crippen LogP contribution in [0.5, 0.6) is 5.75 Å². The van der Waals surface area contributed by atoms with Crippen LogP contribution in [0.15, 0.2) is 18.2 Å². The van der Waals surface area contributed by atoms with Gasteiger partial charge in [0.15, 0.2) is 5.75 Å². The van der Waals surface area contributed by atoms with E-state index < -0.39 is 6.09 Å². The highest BCUT2D eigenvalue weighted by Crippen LogP contribution is 2.28. The molecule has 0 atom stereocenters. The zero-order chi connectivity index (χ0) is 17.6. The molecule has 3 rings (SSSR count). The van der Waals surface area contributed by atoms with Gasteiger partial charge in [-0.15, -0.1) is 0 Å². The van der Waals surface area contributed by atoms with E-state index >= 15 is 0 Å². The maximum Gasteiger partial charge on any atom is 0.412 e. The van der Waals surface area contributed by atoms with Gasteiger partial charge in [-0.1, -0.05) is 30.9 Å². The largest absolute Gasteiger partial charge is 0.412 e. The molecule has 0 bridgehead atoms. The predicted octanol–water partition coefficient (Wildman–Crippen LogP) is 4.39. The van der Waals surface area contributed by atoms with Gasteiger partial charge < -0.3 is 20.3 Å². The van der Waals surface area contributed by atoms with Gasteiger partial charge in [0, 0.05) is 30.9 Å². The first-order chi connectivity index (χ1) is 12.1. The highest BCUT2D eigenvalue weighted by molar-refractivity contribution is 6.32. The van der Waals surface area contributed by atoms with E-state index in [4.69, 9.17) is 16.3 Å². The third-order valence-corrected chi connectivity index (χ3v) is 5.02. The molecule has 1 aliphatic heterocycles. The number of anilines is 1. The van der Waals surface area contributed by atoms with Gasteiger partial charge in [0.05, 0.1) is 5.02 Å². The Kier molecular flexibility index (Phi) is 6.02. The Balaban J connectivity index is 1.58. The lowest BCUT2D eigenvalue weighted by Crippen LogP contribution is -2.38. The van der Waals surface area contributed by atoms with Gasteiger partial charge >= 0.3 is 12.1 Å². The topological polar surface area (TPSA) is 70.7 Å². The van der Waals surface area contributed by atoms with Gasteiger partial charge in [-0.25, -0.2) is 9.59 Å². The van der Waals surface area contributed by atoms with E-state index in [1.165, 1.54) is 6.42 Å². The molecule has 2 N–H and O–H groups in total. The molecule has 3 amide bonds. The third kappa shape index (κ3) is 5.01. The van der Waals surface area contributed by atoms with Crippen molar-refractivity contribution in [2.45, 2.75) is 51.0 Å². The lowest BCUT2D eigenvalue weighted by atomic mass is 9.96. The Labute approximate surface area is 152 Å². The summed E-state index contributed by atoms with van der Waals surface area (Å²) in [5.41, 5.74) is 0.557. The summed E-state index contributed by atoms with van der Waals surface area (Å²) in [7, 11) is 0. The number of hydrogen-bond acceptors (Lipinski definition) is 3. The van der Waals surface area contributed by atoms with Gasteiger partial charge in [0.2, 0.25) is 0 Å². The van der Waals surface area contributed by atoms with Crippen molar-refractivity contribution < 1.29 is 14.3 Å². The lowest BCUT2D eigenvalue weighted by molar-refractivity contribution is 0.192. The molecule has 0 spiro atoms. The molecule has 0 aromatic heterocycles. The standard InChI is InChI=1S/C18H24ClN3O3/c19-15-9-8-14(20-17(23)22-10-4-5-11-22)12-16(15)25-18(24)21-13-6-2-1-3-7-13/h8-9,12-13H,1-7,10-11H2,(H,20,23)(H,21,24). The smallest absolute Gasteiger partial charge is 0.409 e. The quantitative estimate of drug-likeness (QED) is 0.834. The summed E-state index contributed by atoms with van der Waals surface area (Å²) >= 11 is 6.12. The number of urea groups is 1. The molecule has 2 aliphatic rings. The van der Waals surface area contributed by atoms with E-state index in [1.807, 2.05) is 0 Å². The number of ether oxygens (including phenoxy) is 1. The molecule has 1 heterocycles. The van der Waals surface area contributed by atoms with E-state index in [0.717, 1.165) is 51.6 Å².